The van der Waals surface area contributed by atoms with Gasteiger partial charge in [-0.25, -0.2) is 0 Å². The summed E-state index contributed by atoms with van der Waals surface area (Å²) in [4.78, 5) is 12.6. The molecule has 0 atom stereocenters. The monoisotopic (exact) mass is 388 g/mol. The van der Waals surface area contributed by atoms with Crippen LogP contribution in [0.2, 0.25) is 0 Å². The van der Waals surface area contributed by atoms with Crippen molar-refractivity contribution in [2.24, 2.45) is 0 Å². The summed E-state index contributed by atoms with van der Waals surface area (Å²) < 4.78 is 6.21. The van der Waals surface area contributed by atoms with Gasteiger partial charge in [0.25, 0.3) is 5.91 Å². The molecule has 1 aliphatic carbocycles. The Labute approximate surface area is 150 Å². The van der Waals surface area contributed by atoms with Gasteiger partial charge in [0, 0.05) is 16.6 Å². The van der Waals surface area contributed by atoms with E-state index in [0.29, 0.717) is 23.6 Å². The molecule has 0 radical (unpaired) electrons. The van der Waals surface area contributed by atoms with E-state index in [1.165, 1.54) is 24.8 Å². The van der Waals surface area contributed by atoms with Crippen molar-refractivity contribution in [3.8, 4) is 11.3 Å². The van der Waals surface area contributed by atoms with Crippen molar-refractivity contribution < 1.29 is 9.32 Å². The molecule has 1 amide bonds. The maximum atomic E-state index is 12.6. The quantitative estimate of drug-likeness (QED) is 0.730. The highest BCUT2D eigenvalue weighted by Gasteiger charge is 2.21. The van der Waals surface area contributed by atoms with Gasteiger partial charge in [-0.3, -0.25) is 4.79 Å². The Hall–Kier alpha value is -1.88. The summed E-state index contributed by atoms with van der Waals surface area (Å²) in [5, 5.41) is 7.08. The third kappa shape index (κ3) is 3.96. The van der Waals surface area contributed by atoms with Crippen molar-refractivity contribution in [1.29, 1.82) is 0 Å². The fourth-order valence-corrected chi connectivity index (χ4v) is 3.43. The van der Waals surface area contributed by atoms with Gasteiger partial charge in [0.1, 0.15) is 17.0 Å². The van der Waals surface area contributed by atoms with E-state index in [-0.39, 0.29) is 5.91 Å². The highest BCUT2D eigenvalue weighted by atomic mass is 79.9. The Morgan fingerprint density at radius 2 is 2.25 bits per heavy atom. The number of aryl methyl sites for hydroxylation is 1. The van der Waals surface area contributed by atoms with E-state index in [4.69, 9.17) is 4.52 Å². The van der Waals surface area contributed by atoms with Crippen LogP contribution in [0.15, 0.2) is 44.9 Å². The van der Waals surface area contributed by atoms with E-state index in [0.717, 1.165) is 22.9 Å². The number of aromatic nitrogens is 1. The highest BCUT2D eigenvalue weighted by molar-refractivity contribution is 9.10. The summed E-state index contributed by atoms with van der Waals surface area (Å²) in [6.07, 6.45) is 8.10. The van der Waals surface area contributed by atoms with Gasteiger partial charge >= 0.3 is 0 Å². The predicted octanol–water partition coefficient (Wildman–Crippen LogP) is 5.03. The van der Waals surface area contributed by atoms with E-state index >= 15 is 0 Å². The Balaban J connectivity index is 1.70. The minimum atomic E-state index is -0.125. The maximum Gasteiger partial charge on any atom is 0.257 e. The Kier molecular flexibility index (Phi) is 5.51. The number of halogens is 1. The molecule has 1 aromatic heterocycles. The molecule has 3 rings (SSSR count). The second kappa shape index (κ2) is 7.79. The SMILES string of the molecule is Cc1onc(-c2cccc(Br)c2)c1C(=O)NCCC1=CCCCC1. The summed E-state index contributed by atoms with van der Waals surface area (Å²) in [5.74, 6) is 0.416. The number of benzene rings is 1. The lowest BCUT2D eigenvalue weighted by Gasteiger charge is -2.13. The summed E-state index contributed by atoms with van der Waals surface area (Å²) in [6, 6.07) is 7.71. The van der Waals surface area contributed by atoms with E-state index in [1.54, 1.807) is 6.92 Å². The zero-order valence-corrected chi connectivity index (χ0v) is 15.4. The third-order valence-corrected chi connectivity index (χ3v) is 4.80. The molecule has 0 saturated carbocycles. The van der Waals surface area contributed by atoms with Gasteiger partial charge in [-0.05, 0) is 51.2 Å². The van der Waals surface area contributed by atoms with Gasteiger partial charge < -0.3 is 9.84 Å². The first-order valence-corrected chi connectivity index (χ1v) is 9.13. The molecular weight excluding hydrogens is 368 g/mol. The number of allylic oxidation sites excluding steroid dienone is 1. The van der Waals surface area contributed by atoms with Crippen LogP contribution in [0.25, 0.3) is 11.3 Å². The van der Waals surface area contributed by atoms with Gasteiger partial charge in [0.15, 0.2) is 0 Å². The number of hydrogen-bond acceptors (Lipinski definition) is 3. The summed E-state index contributed by atoms with van der Waals surface area (Å²) in [6.45, 7) is 2.42. The van der Waals surface area contributed by atoms with Gasteiger partial charge in [-0.2, -0.15) is 0 Å². The molecule has 1 N–H and O–H groups in total. The van der Waals surface area contributed by atoms with Crippen LogP contribution >= 0.6 is 15.9 Å². The number of nitrogens with zero attached hydrogens (tertiary/aromatic N) is 1. The van der Waals surface area contributed by atoms with Crippen LogP contribution in [0.3, 0.4) is 0 Å². The molecule has 1 heterocycles. The molecule has 0 spiro atoms. The number of rotatable bonds is 5. The smallest absolute Gasteiger partial charge is 0.257 e. The van der Waals surface area contributed by atoms with Crippen molar-refractivity contribution in [3.63, 3.8) is 0 Å². The number of hydrogen-bond donors (Lipinski definition) is 1. The zero-order chi connectivity index (χ0) is 16.9. The fraction of sp³-hybridized carbons (Fsp3) is 0.368. The van der Waals surface area contributed by atoms with Gasteiger partial charge in [0.05, 0.1) is 0 Å². The van der Waals surface area contributed by atoms with E-state index in [9.17, 15) is 4.79 Å². The van der Waals surface area contributed by atoms with Crippen LogP contribution in [0.4, 0.5) is 0 Å². The molecule has 0 aliphatic heterocycles. The normalized spacial score (nSPS) is 14.3. The Morgan fingerprint density at radius 3 is 3.00 bits per heavy atom. The molecule has 1 aromatic carbocycles. The van der Waals surface area contributed by atoms with Gasteiger partial charge in [-0.15, -0.1) is 0 Å². The van der Waals surface area contributed by atoms with E-state index < -0.39 is 0 Å². The molecule has 0 fully saturated rings. The standard InChI is InChI=1S/C19H21BrN2O2/c1-13-17(18(22-24-13)15-8-5-9-16(20)12-15)19(23)21-11-10-14-6-3-2-4-7-14/h5-6,8-9,12H,2-4,7,10-11H2,1H3,(H,21,23). The molecule has 0 unspecified atom stereocenters. The first-order valence-electron chi connectivity index (χ1n) is 8.33. The average molecular weight is 389 g/mol. The molecule has 1 aliphatic rings. The van der Waals surface area contributed by atoms with E-state index in [2.05, 4.69) is 32.5 Å². The topological polar surface area (TPSA) is 55.1 Å². The molecule has 126 valence electrons. The van der Waals surface area contributed by atoms with Crippen LogP contribution in [-0.4, -0.2) is 17.6 Å². The highest BCUT2D eigenvalue weighted by Crippen LogP contribution is 2.27. The van der Waals surface area contributed by atoms with Crippen molar-refractivity contribution in [1.82, 2.24) is 10.5 Å². The van der Waals surface area contributed by atoms with Crippen LogP contribution in [-0.2, 0) is 0 Å². The number of amides is 1. The van der Waals surface area contributed by atoms with Crippen LogP contribution in [0.5, 0.6) is 0 Å². The minimum Gasteiger partial charge on any atom is -0.360 e. The van der Waals surface area contributed by atoms with Gasteiger partial charge in [-0.1, -0.05) is 44.9 Å². The van der Waals surface area contributed by atoms with E-state index in [1.807, 2.05) is 24.3 Å². The van der Waals surface area contributed by atoms with Crippen LogP contribution in [0.1, 0.15) is 48.2 Å². The lowest BCUT2D eigenvalue weighted by Crippen LogP contribution is -2.25. The molecule has 0 saturated heterocycles. The number of carbonyl (C=O) groups excluding carboxylic acids is 1. The summed E-state index contributed by atoms with van der Waals surface area (Å²) in [5.41, 5.74) is 3.42. The predicted molar refractivity (Wildman–Crippen MR) is 97.9 cm³/mol. The van der Waals surface area contributed by atoms with Crippen molar-refractivity contribution in [3.05, 3.63) is 51.7 Å². The molecular formula is C19H21BrN2O2. The largest absolute Gasteiger partial charge is 0.360 e. The van der Waals surface area contributed by atoms with Crippen LogP contribution in [0, 0.1) is 6.92 Å². The summed E-state index contributed by atoms with van der Waals surface area (Å²) in [7, 11) is 0. The van der Waals surface area contributed by atoms with Gasteiger partial charge in [0.2, 0.25) is 0 Å². The second-order valence-corrected chi connectivity index (χ2v) is 7.00. The lowest BCUT2D eigenvalue weighted by atomic mass is 9.97. The molecule has 5 heteroatoms. The zero-order valence-electron chi connectivity index (χ0n) is 13.8. The second-order valence-electron chi connectivity index (χ2n) is 6.09. The first kappa shape index (κ1) is 17.0. The maximum absolute atomic E-state index is 12.6. The molecule has 0 bridgehead atoms. The fourth-order valence-electron chi connectivity index (χ4n) is 3.03. The Morgan fingerprint density at radius 1 is 1.38 bits per heavy atom. The minimum absolute atomic E-state index is 0.125. The van der Waals surface area contributed by atoms with Crippen LogP contribution < -0.4 is 5.32 Å². The third-order valence-electron chi connectivity index (χ3n) is 4.30. The molecule has 24 heavy (non-hydrogen) atoms. The first-order chi connectivity index (χ1) is 11.6. The number of carbonyl (C=O) groups is 1. The van der Waals surface area contributed by atoms with Crippen molar-refractivity contribution >= 4 is 21.8 Å². The molecule has 4 nitrogen and oxygen atoms in total. The summed E-state index contributed by atoms with van der Waals surface area (Å²) >= 11 is 3.45. The Bertz CT molecular complexity index is 764. The number of nitrogens with one attached hydrogen (secondary N) is 1. The molecule has 2 aromatic rings. The van der Waals surface area contributed by atoms with Crippen molar-refractivity contribution in [2.45, 2.75) is 39.0 Å². The lowest BCUT2D eigenvalue weighted by molar-refractivity contribution is 0.0953. The van der Waals surface area contributed by atoms with Crippen molar-refractivity contribution in [2.75, 3.05) is 6.54 Å². The average Bonchev–Trinajstić information content (AvgIpc) is 2.97.